The quantitative estimate of drug-likeness (QED) is 0.511. The van der Waals surface area contributed by atoms with Gasteiger partial charge in [0.15, 0.2) is 0 Å². The molecule has 0 radical (unpaired) electrons. The molecule has 4 rings (SSSR count). The van der Waals surface area contributed by atoms with Crippen LogP contribution in [0, 0.1) is 0 Å². The Labute approximate surface area is 116 Å². The summed E-state index contributed by atoms with van der Waals surface area (Å²) in [4.78, 5) is 3.37. The predicted molar refractivity (Wildman–Crippen MR) is 82.9 cm³/mol. The van der Waals surface area contributed by atoms with Crippen LogP contribution in [0.2, 0.25) is 0 Å². The van der Waals surface area contributed by atoms with E-state index >= 15 is 0 Å². The number of fused-ring (bicyclic) bond motifs is 3. The van der Waals surface area contributed by atoms with Gasteiger partial charge >= 0.3 is 0 Å². The highest BCUT2D eigenvalue weighted by atomic mass is 16.3. The summed E-state index contributed by atoms with van der Waals surface area (Å²) in [5.41, 5.74) is 4.45. The molecule has 0 atom stereocenters. The second kappa shape index (κ2) is 4.14. The van der Waals surface area contributed by atoms with Crippen LogP contribution >= 0.6 is 0 Å². The lowest BCUT2D eigenvalue weighted by Crippen LogP contribution is -1.76. The second-order valence-corrected chi connectivity index (χ2v) is 4.98. The molecule has 0 fully saturated rings. The smallest absolute Gasteiger partial charge is 0.117 e. The number of aromatic amines is 1. The standard InChI is InChI=1S/C18H13NO/c20-14-7-9-16-15-8-6-13(12-4-2-1-3-5-12)10-17(15)19-18(16)11-14/h1-11,19-20H. The third-order valence-corrected chi connectivity index (χ3v) is 3.69. The summed E-state index contributed by atoms with van der Waals surface area (Å²) in [6.45, 7) is 0. The van der Waals surface area contributed by atoms with Gasteiger partial charge in [0, 0.05) is 22.4 Å². The molecular formula is C18H13NO. The molecule has 0 aliphatic carbocycles. The molecule has 1 aromatic heterocycles. The van der Waals surface area contributed by atoms with Crippen LogP contribution in [-0.4, -0.2) is 10.1 Å². The van der Waals surface area contributed by atoms with Crippen LogP contribution in [0.25, 0.3) is 32.9 Å². The molecule has 2 nitrogen and oxygen atoms in total. The van der Waals surface area contributed by atoms with Gasteiger partial charge in [-0.2, -0.15) is 0 Å². The van der Waals surface area contributed by atoms with Crippen LogP contribution in [0.3, 0.4) is 0 Å². The van der Waals surface area contributed by atoms with Crippen LogP contribution in [-0.2, 0) is 0 Å². The Morgan fingerprint density at radius 3 is 2.15 bits per heavy atom. The Morgan fingerprint density at radius 2 is 1.35 bits per heavy atom. The van der Waals surface area contributed by atoms with E-state index in [2.05, 4.69) is 35.3 Å². The summed E-state index contributed by atoms with van der Waals surface area (Å²) < 4.78 is 0. The monoisotopic (exact) mass is 259 g/mol. The summed E-state index contributed by atoms with van der Waals surface area (Å²) in [5, 5.41) is 11.9. The van der Waals surface area contributed by atoms with Gasteiger partial charge in [-0.3, -0.25) is 0 Å². The van der Waals surface area contributed by atoms with E-state index in [0.29, 0.717) is 0 Å². The maximum atomic E-state index is 9.57. The van der Waals surface area contributed by atoms with Crippen molar-refractivity contribution in [1.29, 1.82) is 0 Å². The molecule has 96 valence electrons. The lowest BCUT2D eigenvalue weighted by atomic mass is 10.0. The first-order valence-electron chi connectivity index (χ1n) is 6.61. The van der Waals surface area contributed by atoms with Gasteiger partial charge in [-0.05, 0) is 29.3 Å². The van der Waals surface area contributed by atoms with Gasteiger partial charge in [-0.15, -0.1) is 0 Å². The first kappa shape index (κ1) is 11.1. The molecule has 1 heterocycles. The van der Waals surface area contributed by atoms with Gasteiger partial charge in [0.25, 0.3) is 0 Å². The van der Waals surface area contributed by atoms with Crippen molar-refractivity contribution in [3.63, 3.8) is 0 Å². The molecule has 0 unspecified atom stereocenters. The zero-order valence-corrected chi connectivity index (χ0v) is 10.8. The van der Waals surface area contributed by atoms with Crippen LogP contribution in [0.4, 0.5) is 0 Å². The van der Waals surface area contributed by atoms with Gasteiger partial charge in [0.05, 0.1) is 5.52 Å². The van der Waals surface area contributed by atoms with Crippen LogP contribution < -0.4 is 0 Å². The van der Waals surface area contributed by atoms with E-state index in [1.807, 2.05) is 24.3 Å². The average molecular weight is 259 g/mol. The third-order valence-electron chi connectivity index (χ3n) is 3.69. The van der Waals surface area contributed by atoms with Crippen molar-refractivity contribution < 1.29 is 5.11 Å². The van der Waals surface area contributed by atoms with E-state index in [4.69, 9.17) is 0 Å². The van der Waals surface area contributed by atoms with Crippen LogP contribution in [0.15, 0.2) is 66.7 Å². The number of aromatic hydroxyl groups is 1. The largest absolute Gasteiger partial charge is 0.508 e. The lowest BCUT2D eigenvalue weighted by Gasteiger charge is -2.01. The number of rotatable bonds is 1. The molecule has 2 heteroatoms. The highest BCUT2D eigenvalue weighted by molar-refractivity contribution is 6.08. The highest BCUT2D eigenvalue weighted by Gasteiger charge is 2.06. The van der Waals surface area contributed by atoms with E-state index in [1.54, 1.807) is 12.1 Å². The molecule has 0 aliphatic rings. The van der Waals surface area contributed by atoms with E-state index in [9.17, 15) is 5.11 Å². The Hall–Kier alpha value is -2.74. The zero-order valence-electron chi connectivity index (χ0n) is 10.8. The number of phenols is 1. The van der Waals surface area contributed by atoms with Gasteiger partial charge in [-0.1, -0.05) is 42.5 Å². The Kier molecular flexibility index (Phi) is 2.30. The minimum atomic E-state index is 0.285. The SMILES string of the molecule is Oc1ccc2c(c1)[nH]c1cc(-c3ccccc3)ccc12. The number of hydrogen-bond acceptors (Lipinski definition) is 1. The number of hydrogen-bond donors (Lipinski definition) is 2. The number of aromatic nitrogens is 1. The van der Waals surface area contributed by atoms with Gasteiger partial charge in [0.1, 0.15) is 5.75 Å². The van der Waals surface area contributed by atoms with Crippen molar-refractivity contribution in [2.24, 2.45) is 0 Å². The molecule has 0 saturated heterocycles. The van der Waals surface area contributed by atoms with Gasteiger partial charge < -0.3 is 10.1 Å². The first-order valence-corrected chi connectivity index (χ1v) is 6.61. The summed E-state index contributed by atoms with van der Waals surface area (Å²) >= 11 is 0. The lowest BCUT2D eigenvalue weighted by molar-refractivity contribution is 0.476. The minimum Gasteiger partial charge on any atom is -0.508 e. The molecule has 2 N–H and O–H groups in total. The molecule has 0 spiro atoms. The second-order valence-electron chi connectivity index (χ2n) is 4.98. The fraction of sp³-hybridized carbons (Fsp3) is 0. The number of H-pyrrole nitrogens is 1. The predicted octanol–water partition coefficient (Wildman–Crippen LogP) is 4.69. The summed E-state index contributed by atoms with van der Waals surface area (Å²) in [6, 6.07) is 22.2. The van der Waals surface area contributed by atoms with E-state index in [0.717, 1.165) is 16.4 Å². The van der Waals surface area contributed by atoms with Gasteiger partial charge in [0.2, 0.25) is 0 Å². The van der Waals surface area contributed by atoms with Crippen molar-refractivity contribution >= 4 is 21.8 Å². The number of phenolic OH excluding ortho intramolecular Hbond substituents is 1. The third kappa shape index (κ3) is 1.66. The summed E-state index contributed by atoms with van der Waals surface area (Å²) in [7, 11) is 0. The highest BCUT2D eigenvalue weighted by Crippen LogP contribution is 2.31. The zero-order chi connectivity index (χ0) is 13.5. The van der Waals surface area contributed by atoms with Crippen LogP contribution in [0.5, 0.6) is 5.75 Å². The average Bonchev–Trinajstić information content (AvgIpc) is 2.84. The minimum absolute atomic E-state index is 0.285. The number of benzene rings is 3. The molecular weight excluding hydrogens is 246 g/mol. The van der Waals surface area contributed by atoms with E-state index in [-0.39, 0.29) is 5.75 Å². The normalized spacial score (nSPS) is 11.2. The topological polar surface area (TPSA) is 36.0 Å². The molecule has 3 aromatic carbocycles. The fourth-order valence-corrected chi connectivity index (χ4v) is 2.71. The Morgan fingerprint density at radius 1 is 0.650 bits per heavy atom. The summed E-state index contributed by atoms with van der Waals surface area (Å²) in [6.07, 6.45) is 0. The fourth-order valence-electron chi connectivity index (χ4n) is 2.71. The molecule has 20 heavy (non-hydrogen) atoms. The van der Waals surface area contributed by atoms with E-state index < -0.39 is 0 Å². The van der Waals surface area contributed by atoms with Crippen molar-refractivity contribution in [3.05, 3.63) is 66.7 Å². The van der Waals surface area contributed by atoms with Crippen molar-refractivity contribution in [2.75, 3.05) is 0 Å². The maximum absolute atomic E-state index is 9.57. The Balaban J connectivity index is 1.98. The first-order chi connectivity index (χ1) is 9.81. The number of nitrogens with one attached hydrogen (secondary N) is 1. The molecule has 0 amide bonds. The van der Waals surface area contributed by atoms with Crippen molar-refractivity contribution in [2.45, 2.75) is 0 Å². The molecule has 0 saturated carbocycles. The van der Waals surface area contributed by atoms with Crippen LogP contribution in [0.1, 0.15) is 0 Å². The van der Waals surface area contributed by atoms with Crippen molar-refractivity contribution in [1.82, 2.24) is 4.98 Å². The Bertz CT molecular complexity index is 907. The molecule has 4 aromatic rings. The van der Waals surface area contributed by atoms with Gasteiger partial charge in [-0.25, -0.2) is 0 Å². The maximum Gasteiger partial charge on any atom is 0.117 e. The van der Waals surface area contributed by atoms with E-state index in [1.165, 1.54) is 16.5 Å². The summed E-state index contributed by atoms with van der Waals surface area (Å²) in [5.74, 6) is 0.285. The van der Waals surface area contributed by atoms with Crippen molar-refractivity contribution in [3.8, 4) is 16.9 Å². The molecule has 0 bridgehead atoms. The molecule has 0 aliphatic heterocycles.